The lowest BCUT2D eigenvalue weighted by molar-refractivity contribution is -0.126. The summed E-state index contributed by atoms with van der Waals surface area (Å²) in [6.07, 6.45) is 8.49. The van der Waals surface area contributed by atoms with Crippen molar-refractivity contribution in [3.05, 3.63) is 11.6 Å². The van der Waals surface area contributed by atoms with Crippen LogP contribution in [0.5, 0.6) is 0 Å². The molecule has 1 atom stereocenters. The summed E-state index contributed by atoms with van der Waals surface area (Å²) in [6, 6.07) is 0.00402. The monoisotopic (exact) mass is 293 g/mol. The number of nitrogens with one attached hydrogen (secondary N) is 1. The van der Waals surface area contributed by atoms with Gasteiger partial charge in [-0.1, -0.05) is 18.6 Å². The van der Waals surface area contributed by atoms with Crippen molar-refractivity contribution in [2.75, 3.05) is 39.3 Å². The fourth-order valence-corrected chi connectivity index (χ4v) is 3.26. The minimum atomic E-state index is 0.00402. The molecule has 1 heterocycles. The van der Waals surface area contributed by atoms with Gasteiger partial charge >= 0.3 is 0 Å². The van der Waals surface area contributed by atoms with E-state index in [1.807, 2.05) is 6.92 Å². The fourth-order valence-electron chi connectivity index (χ4n) is 3.26. The third-order valence-electron chi connectivity index (χ3n) is 4.91. The molecule has 4 heteroatoms. The fraction of sp³-hybridized carbons (Fsp3) is 0.824. The molecule has 1 amide bonds. The number of amides is 1. The van der Waals surface area contributed by atoms with Crippen LogP contribution >= 0.6 is 0 Å². The second-order valence-electron chi connectivity index (χ2n) is 6.30. The Kier molecular flexibility index (Phi) is 6.71. The highest BCUT2D eigenvalue weighted by Gasteiger charge is 2.24. The van der Waals surface area contributed by atoms with Gasteiger partial charge in [-0.15, -0.1) is 0 Å². The topological polar surface area (TPSA) is 35.6 Å². The molecule has 0 radical (unpaired) electrons. The van der Waals surface area contributed by atoms with Crippen molar-refractivity contribution in [1.29, 1.82) is 0 Å². The third kappa shape index (κ3) is 5.11. The number of likely N-dealkylation sites (N-methyl/N-ethyl adjacent to an activating group) is 1. The Labute approximate surface area is 129 Å². The maximum atomic E-state index is 12.2. The van der Waals surface area contributed by atoms with Crippen molar-refractivity contribution < 1.29 is 4.79 Å². The van der Waals surface area contributed by atoms with Gasteiger partial charge in [0.1, 0.15) is 0 Å². The molecule has 0 aromatic heterocycles. The van der Waals surface area contributed by atoms with Crippen molar-refractivity contribution in [3.63, 3.8) is 0 Å². The van der Waals surface area contributed by atoms with Crippen LogP contribution in [0.15, 0.2) is 11.6 Å². The van der Waals surface area contributed by atoms with E-state index in [9.17, 15) is 4.79 Å². The van der Waals surface area contributed by atoms with Gasteiger partial charge < -0.3 is 10.2 Å². The van der Waals surface area contributed by atoms with Gasteiger partial charge in [0.2, 0.25) is 5.91 Å². The van der Waals surface area contributed by atoms with Crippen LogP contribution in [0.2, 0.25) is 0 Å². The summed E-state index contributed by atoms with van der Waals surface area (Å²) in [5.41, 5.74) is 1.53. The van der Waals surface area contributed by atoms with Crippen LogP contribution in [0.1, 0.15) is 46.0 Å². The lowest BCUT2D eigenvalue weighted by atomic mass is 9.97. The highest BCUT2D eigenvalue weighted by Crippen LogP contribution is 2.19. The lowest BCUT2D eigenvalue weighted by Crippen LogP contribution is -2.53. The molecule has 0 spiro atoms. The number of allylic oxidation sites excluding steroid dienone is 1. The highest BCUT2D eigenvalue weighted by molar-refractivity contribution is 5.81. The molecule has 4 nitrogen and oxygen atoms in total. The maximum Gasteiger partial charge on any atom is 0.237 e. The average Bonchev–Trinajstić information content (AvgIpc) is 2.55. The zero-order chi connectivity index (χ0) is 15.1. The molecule has 120 valence electrons. The van der Waals surface area contributed by atoms with Gasteiger partial charge in [0.15, 0.2) is 0 Å². The number of piperazine rings is 1. The molecule has 1 aliphatic carbocycles. The van der Waals surface area contributed by atoms with E-state index >= 15 is 0 Å². The van der Waals surface area contributed by atoms with E-state index < -0.39 is 0 Å². The Bertz CT molecular complexity index is 359. The number of carbonyl (C=O) groups is 1. The lowest BCUT2D eigenvalue weighted by Gasteiger charge is -2.36. The molecule has 2 rings (SSSR count). The molecule has 1 aliphatic heterocycles. The summed E-state index contributed by atoms with van der Waals surface area (Å²) in [4.78, 5) is 17.0. The first-order chi connectivity index (χ1) is 10.2. The molecule has 1 unspecified atom stereocenters. The maximum absolute atomic E-state index is 12.2. The van der Waals surface area contributed by atoms with Crippen molar-refractivity contribution in [1.82, 2.24) is 15.1 Å². The second-order valence-corrected chi connectivity index (χ2v) is 6.30. The van der Waals surface area contributed by atoms with E-state index in [2.05, 4.69) is 28.1 Å². The van der Waals surface area contributed by atoms with Gasteiger partial charge in [-0.05, 0) is 45.6 Å². The largest absolute Gasteiger partial charge is 0.354 e. The van der Waals surface area contributed by atoms with Crippen molar-refractivity contribution in [2.45, 2.75) is 52.0 Å². The molecule has 0 saturated carbocycles. The molecular formula is C17H31N3O. The van der Waals surface area contributed by atoms with Gasteiger partial charge in [-0.3, -0.25) is 9.69 Å². The SMILES string of the molecule is CCN1CCN(C(C)C(=O)NCCC2=CCCCC2)CC1. The predicted molar refractivity (Wildman–Crippen MR) is 87.3 cm³/mol. The molecule has 1 saturated heterocycles. The highest BCUT2D eigenvalue weighted by atomic mass is 16.2. The molecule has 1 N–H and O–H groups in total. The van der Waals surface area contributed by atoms with Gasteiger partial charge in [-0.25, -0.2) is 0 Å². The van der Waals surface area contributed by atoms with Crippen LogP contribution in [-0.2, 0) is 4.79 Å². The number of carbonyl (C=O) groups excluding carboxylic acids is 1. The minimum absolute atomic E-state index is 0.00402. The van der Waals surface area contributed by atoms with E-state index in [4.69, 9.17) is 0 Å². The van der Waals surface area contributed by atoms with Crippen LogP contribution in [0.3, 0.4) is 0 Å². The van der Waals surface area contributed by atoms with Crippen molar-refractivity contribution >= 4 is 5.91 Å². The van der Waals surface area contributed by atoms with Crippen LogP contribution in [-0.4, -0.2) is 61.0 Å². The molecule has 2 aliphatic rings. The zero-order valence-electron chi connectivity index (χ0n) is 13.7. The predicted octanol–water partition coefficient (Wildman–Crippen LogP) is 2.02. The quantitative estimate of drug-likeness (QED) is 0.761. The van der Waals surface area contributed by atoms with Crippen LogP contribution in [0.25, 0.3) is 0 Å². The van der Waals surface area contributed by atoms with Gasteiger partial charge in [0.05, 0.1) is 6.04 Å². The Hall–Kier alpha value is -0.870. The second kappa shape index (κ2) is 8.54. The number of nitrogens with zero attached hydrogens (tertiary/aromatic N) is 2. The standard InChI is InChI=1S/C17H31N3O/c1-3-19-11-13-20(14-12-19)15(2)17(21)18-10-9-16-7-5-4-6-8-16/h7,15H,3-6,8-14H2,1-2H3,(H,18,21). The van der Waals surface area contributed by atoms with Crippen LogP contribution in [0, 0.1) is 0 Å². The molecule has 1 fully saturated rings. The normalized spacial score (nSPS) is 22.7. The summed E-state index contributed by atoms with van der Waals surface area (Å²) in [7, 11) is 0. The van der Waals surface area contributed by atoms with Crippen LogP contribution < -0.4 is 5.32 Å². The first kappa shape index (κ1) is 16.5. The first-order valence-corrected chi connectivity index (χ1v) is 8.62. The molecule has 0 aromatic carbocycles. The smallest absolute Gasteiger partial charge is 0.237 e. The zero-order valence-corrected chi connectivity index (χ0v) is 13.7. The Morgan fingerprint density at radius 3 is 2.67 bits per heavy atom. The number of rotatable bonds is 6. The Morgan fingerprint density at radius 2 is 2.05 bits per heavy atom. The van der Waals surface area contributed by atoms with Gasteiger partial charge in [-0.2, -0.15) is 0 Å². The minimum Gasteiger partial charge on any atom is -0.354 e. The summed E-state index contributed by atoms with van der Waals surface area (Å²) in [6.45, 7) is 10.3. The summed E-state index contributed by atoms with van der Waals surface area (Å²) in [5, 5.41) is 3.12. The average molecular weight is 293 g/mol. The number of hydrogen-bond donors (Lipinski definition) is 1. The third-order valence-corrected chi connectivity index (χ3v) is 4.91. The summed E-state index contributed by atoms with van der Waals surface area (Å²) in [5.74, 6) is 0.191. The summed E-state index contributed by atoms with van der Waals surface area (Å²) >= 11 is 0. The van der Waals surface area contributed by atoms with E-state index in [0.29, 0.717) is 0 Å². The molecule has 0 aromatic rings. The van der Waals surface area contributed by atoms with E-state index in [1.165, 1.54) is 31.3 Å². The molecule has 0 bridgehead atoms. The Morgan fingerprint density at radius 1 is 1.29 bits per heavy atom. The molecule has 21 heavy (non-hydrogen) atoms. The first-order valence-electron chi connectivity index (χ1n) is 8.62. The van der Waals surface area contributed by atoms with E-state index in [1.54, 1.807) is 0 Å². The summed E-state index contributed by atoms with van der Waals surface area (Å²) < 4.78 is 0. The van der Waals surface area contributed by atoms with Gasteiger partial charge in [0.25, 0.3) is 0 Å². The number of hydrogen-bond acceptors (Lipinski definition) is 3. The van der Waals surface area contributed by atoms with E-state index in [-0.39, 0.29) is 11.9 Å². The molecular weight excluding hydrogens is 262 g/mol. The van der Waals surface area contributed by atoms with Gasteiger partial charge in [0, 0.05) is 32.7 Å². The Balaban J connectivity index is 1.66. The van der Waals surface area contributed by atoms with Crippen molar-refractivity contribution in [3.8, 4) is 0 Å². The van der Waals surface area contributed by atoms with E-state index in [0.717, 1.165) is 45.7 Å². The van der Waals surface area contributed by atoms with Crippen molar-refractivity contribution in [2.24, 2.45) is 0 Å². The van der Waals surface area contributed by atoms with Crippen LogP contribution in [0.4, 0.5) is 0 Å².